The molecule has 0 aliphatic carbocycles. The van der Waals surface area contributed by atoms with E-state index in [4.69, 9.17) is 28.9 Å². The SMILES string of the molecule is O=C(CCN1C(=O)/C(=C\c2ccccc2Cl)SC1=S)Nc1ccc(O)c(C(=O)O)c1. The number of thiocarbonyl (C=S) groups is 1. The van der Waals surface area contributed by atoms with Crippen molar-refractivity contribution in [3.63, 3.8) is 0 Å². The number of halogens is 1. The molecule has 1 saturated heterocycles. The number of carboxylic acids is 1. The van der Waals surface area contributed by atoms with Crippen molar-refractivity contribution in [3.8, 4) is 5.75 Å². The Labute approximate surface area is 186 Å². The first-order chi connectivity index (χ1) is 14.3. The molecule has 0 atom stereocenters. The van der Waals surface area contributed by atoms with E-state index in [0.29, 0.717) is 19.8 Å². The summed E-state index contributed by atoms with van der Waals surface area (Å²) in [6, 6.07) is 10.8. The number of benzene rings is 2. The number of phenols is 1. The smallest absolute Gasteiger partial charge is 0.339 e. The first-order valence-corrected chi connectivity index (χ1v) is 10.2. The first-order valence-electron chi connectivity index (χ1n) is 8.62. The Bertz CT molecular complexity index is 1090. The number of aromatic hydroxyl groups is 1. The van der Waals surface area contributed by atoms with Gasteiger partial charge in [-0.3, -0.25) is 14.5 Å². The second-order valence-corrected chi connectivity index (χ2v) is 8.27. The standard InChI is InChI=1S/C20H15ClN2O5S2/c21-14-4-2-1-3-11(14)9-16-18(26)23(20(29)30-16)8-7-17(25)22-12-5-6-15(24)13(10-12)19(27)28/h1-6,9-10,24H,7-8H2,(H,22,25)(H,27,28)/b16-9+. The second-order valence-electron chi connectivity index (χ2n) is 6.19. The van der Waals surface area contributed by atoms with Crippen LogP contribution in [0.5, 0.6) is 5.75 Å². The second kappa shape index (κ2) is 9.29. The molecule has 1 aliphatic heterocycles. The molecular formula is C20H15ClN2O5S2. The molecule has 0 aromatic heterocycles. The van der Waals surface area contributed by atoms with Crippen LogP contribution in [0.1, 0.15) is 22.3 Å². The van der Waals surface area contributed by atoms with Crippen molar-refractivity contribution in [2.75, 3.05) is 11.9 Å². The van der Waals surface area contributed by atoms with E-state index in [1.54, 1.807) is 24.3 Å². The zero-order chi connectivity index (χ0) is 21.8. The highest BCUT2D eigenvalue weighted by molar-refractivity contribution is 8.26. The largest absolute Gasteiger partial charge is 0.507 e. The fraction of sp³-hybridized carbons (Fsp3) is 0.100. The van der Waals surface area contributed by atoms with Crippen LogP contribution in [0, 0.1) is 0 Å². The molecule has 0 unspecified atom stereocenters. The number of anilines is 1. The molecule has 2 amide bonds. The van der Waals surface area contributed by atoms with Gasteiger partial charge in [0.25, 0.3) is 5.91 Å². The molecular weight excluding hydrogens is 448 g/mol. The van der Waals surface area contributed by atoms with Gasteiger partial charge in [0.2, 0.25) is 5.91 Å². The minimum atomic E-state index is -1.31. The number of hydrogen-bond donors (Lipinski definition) is 3. The van der Waals surface area contributed by atoms with Crippen LogP contribution in [0.15, 0.2) is 47.4 Å². The third-order valence-electron chi connectivity index (χ3n) is 4.14. The van der Waals surface area contributed by atoms with Gasteiger partial charge in [0.15, 0.2) is 0 Å². The van der Waals surface area contributed by atoms with E-state index >= 15 is 0 Å². The number of carboxylic acid groups (broad SMARTS) is 1. The highest BCUT2D eigenvalue weighted by Crippen LogP contribution is 2.33. The van der Waals surface area contributed by atoms with Crippen molar-refractivity contribution in [3.05, 3.63) is 63.5 Å². The zero-order valence-electron chi connectivity index (χ0n) is 15.3. The van der Waals surface area contributed by atoms with Gasteiger partial charge in [0.05, 0.1) is 4.91 Å². The van der Waals surface area contributed by atoms with Crippen molar-refractivity contribution in [1.82, 2.24) is 4.90 Å². The van der Waals surface area contributed by atoms with Crippen LogP contribution in [0.2, 0.25) is 5.02 Å². The minimum absolute atomic E-state index is 0.0465. The van der Waals surface area contributed by atoms with Crippen LogP contribution < -0.4 is 5.32 Å². The van der Waals surface area contributed by atoms with Gasteiger partial charge in [0.1, 0.15) is 15.6 Å². The Morgan fingerprint density at radius 1 is 1.23 bits per heavy atom. The normalized spacial score (nSPS) is 15.0. The summed E-state index contributed by atoms with van der Waals surface area (Å²) < 4.78 is 0.337. The zero-order valence-corrected chi connectivity index (χ0v) is 17.7. The molecule has 7 nitrogen and oxygen atoms in total. The number of hydrogen-bond acceptors (Lipinski definition) is 6. The van der Waals surface area contributed by atoms with E-state index in [2.05, 4.69) is 5.32 Å². The van der Waals surface area contributed by atoms with E-state index in [9.17, 15) is 19.5 Å². The summed E-state index contributed by atoms with van der Waals surface area (Å²) in [7, 11) is 0. The van der Waals surface area contributed by atoms with E-state index < -0.39 is 17.6 Å². The topological polar surface area (TPSA) is 107 Å². The van der Waals surface area contributed by atoms with E-state index in [-0.39, 0.29) is 30.1 Å². The quantitative estimate of drug-likeness (QED) is 0.338. The lowest BCUT2D eigenvalue weighted by atomic mass is 10.1. The fourth-order valence-electron chi connectivity index (χ4n) is 2.65. The van der Waals surface area contributed by atoms with Gasteiger partial charge in [-0.2, -0.15) is 0 Å². The molecule has 10 heteroatoms. The molecule has 3 N–H and O–H groups in total. The van der Waals surface area contributed by atoms with E-state index in [0.717, 1.165) is 17.8 Å². The molecule has 0 bridgehead atoms. The molecule has 154 valence electrons. The van der Waals surface area contributed by atoms with Gasteiger partial charge in [-0.15, -0.1) is 0 Å². The van der Waals surface area contributed by atoms with E-state index in [1.165, 1.54) is 17.0 Å². The summed E-state index contributed by atoms with van der Waals surface area (Å²) in [4.78, 5) is 37.7. The first kappa shape index (κ1) is 21.8. The third-order valence-corrected chi connectivity index (χ3v) is 5.86. The lowest BCUT2D eigenvalue weighted by Gasteiger charge is -2.14. The molecule has 1 heterocycles. The maximum Gasteiger partial charge on any atom is 0.339 e. The predicted octanol–water partition coefficient (Wildman–Crippen LogP) is 3.97. The number of rotatable bonds is 6. The highest BCUT2D eigenvalue weighted by Gasteiger charge is 2.32. The van der Waals surface area contributed by atoms with Crippen molar-refractivity contribution >= 4 is 69.4 Å². The Kier molecular flexibility index (Phi) is 6.76. The molecule has 3 rings (SSSR count). The van der Waals surface area contributed by atoms with Crippen molar-refractivity contribution in [2.45, 2.75) is 6.42 Å². The number of amides is 2. The van der Waals surface area contributed by atoms with Gasteiger partial charge < -0.3 is 15.5 Å². The maximum atomic E-state index is 12.6. The van der Waals surface area contributed by atoms with Gasteiger partial charge in [0, 0.05) is 23.7 Å². The third kappa shape index (κ3) is 4.99. The number of aromatic carboxylic acids is 1. The fourth-order valence-corrected chi connectivity index (χ4v) is 4.14. The lowest BCUT2D eigenvalue weighted by molar-refractivity contribution is -0.122. The van der Waals surface area contributed by atoms with Crippen LogP contribution in [0.3, 0.4) is 0 Å². The summed E-state index contributed by atoms with van der Waals surface area (Å²) in [5, 5.41) is 21.6. The number of carbonyl (C=O) groups excluding carboxylic acids is 2. The molecule has 30 heavy (non-hydrogen) atoms. The van der Waals surface area contributed by atoms with Crippen molar-refractivity contribution in [2.24, 2.45) is 0 Å². The highest BCUT2D eigenvalue weighted by atomic mass is 35.5. The summed E-state index contributed by atoms with van der Waals surface area (Å²) in [6.45, 7) is 0.0697. The van der Waals surface area contributed by atoms with Gasteiger partial charge in [-0.25, -0.2) is 4.79 Å². The number of carbonyl (C=O) groups is 3. The Balaban J connectivity index is 1.63. The predicted molar refractivity (Wildman–Crippen MR) is 120 cm³/mol. The molecule has 1 aliphatic rings. The minimum Gasteiger partial charge on any atom is -0.507 e. The number of thioether (sulfide) groups is 1. The summed E-state index contributed by atoms with van der Waals surface area (Å²) in [5.74, 6) is -2.45. The lowest BCUT2D eigenvalue weighted by Crippen LogP contribution is -2.31. The van der Waals surface area contributed by atoms with Crippen LogP contribution in [-0.4, -0.2) is 43.8 Å². The Morgan fingerprint density at radius 3 is 2.67 bits per heavy atom. The number of nitrogens with zero attached hydrogens (tertiary/aromatic N) is 1. The summed E-state index contributed by atoms with van der Waals surface area (Å²) in [6.07, 6.45) is 1.61. The van der Waals surface area contributed by atoms with Crippen LogP contribution in [0.4, 0.5) is 5.69 Å². The summed E-state index contributed by atoms with van der Waals surface area (Å²) in [5.41, 5.74) is 0.590. The van der Waals surface area contributed by atoms with E-state index in [1.807, 2.05) is 6.07 Å². The molecule has 0 spiro atoms. The summed E-state index contributed by atoms with van der Waals surface area (Å²) >= 11 is 12.5. The molecule has 2 aromatic carbocycles. The monoisotopic (exact) mass is 462 g/mol. The Hall–Kier alpha value is -2.88. The van der Waals surface area contributed by atoms with Gasteiger partial charge >= 0.3 is 5.97 Å². The molecule has 2 aromatic rings. The molecule has 0 radical (unpaired) electrons. The molecule has 1 fully saturated rings. The van der Waals surface area contributed by atoms with Crippen LogP contribution in [-0.2, 0) is 9.59 Å². The van der Waals surface area contributed by atoms with Crippen LogP contribution in [0.25, 0.3) is 6.08 Å². The molecule has 0 saturated carbocycles. The average molecular weight is 463 g/mol. The maximum absolute atomic E-state index is 12.6. The van der Waals surface area contributed by atoms with Gasteiger partial charge in [-0.05, 0) is 35.9 Å². The number of nitrogens with one attached hydrogen (secondary N) is 1. The van der Waals surface area contributed by atoms with Crippen molar-refractivity contribution in [1.29, 1.82) is 0 Å². The Morgan fingerprint density at radius 2 is 1.97 bits per heavy atom. The van der Waals surface area contributed by atoms with Crippen molar-refractivity contribution < 1.29 is 24.6 Å². The van der Waals surface area contributed by atoms with Gasteiger partial charge in [-0.1, -0.05) is 53.8 Å². The van der Waals surface area contributed by atoms with Crippen LogP contribution >= 0.6 is 35.6 Å². The average Bonchev–Trinajstić information content (AvgIpc) is 2.96.